The third kappa shape index (κ3) is 4.54. The number of imidazole rings is 1. The van der Waals surface area contributed by atoms with Crippen LogP contribution < -0.4 is 4.74 Å². The van der Waals surface area contributed by atoms with Crippen molar-refractivity contribution >= 4 is 5.97 Å². The van der Waals surface area contributed by atoms with Gasteiger partial charge in [-0.05, 0) is 54.1 Å². The Bertz CT molecular complexity index is 1420. The van der Waals surface area contributed by atoms with Crippen LogP contribution in [0.5, 0.6) is 11.5 Å². The molecule has 0 aliphatic heterocycles. The van der Waals surface area contributed by atoms with E-state index in [9.17, 15) is 9.90 Å². The Hall–Kier alpha value is -4.78. The molecule has 0 aliphatic rings. The minimum atomic E-state index is -1.01. The van der Waals surface area contributed by atoms with Gasteiger partial charge >= 0.3 is 5.97 Å². The predicted octanol–water partition coefficient (Wildman–Crippen LogP) is 5.55. The first-order chi connectivity index (χ1) is 16.7. The average molecular weight is 448 g/mol. The Morgan fingerprint density at radius 2 is 1.53 bits per heavy atom. The van der Waals surface area contributed by atoms with Crippen LogP contribution in [0.1, 0.15) is 15.9 Å². The first kappa shape index (κ1) is 21.1. The molecule has 7 heteroatoms. The molecule has 0 radical (unpaired) electrons. The van der Waals surface area contributed by atoms with Crippen LogP contribution in [0.4, 0.5) is 0 Å². The Balaban J connectivity index is 1.50. The number of nitrogens with zero attached hydrogens (tertiary/aromatic N) is 4. The van der Waals surface area contributed by atoms with E-state index < -0.39 is 5.97 Å². The second-order valence-corrected chi connectivity index (χ2v) is 7.56. The third-order valence-corrected chi connectivity index (χ3v) is 5.26. The number of carboxylic acid groups (broad SMARTS) is 1. The standard InChI is InChI=1S/C27H20N4O3/c32-27(33)20-13-15-29-24(16-20)26-30-17-25(23-8-4-5-14-28-23)31(26)18-19-9-11-22(12-10-19)34-21-6-2-1-3-7-21/h1-17H,18H2,(H,32,33). The Morgan fingerprint density at radius 3 is 2.26 bits per heavy atom. The van der Waals surface area contributed by atoms with Gasteiger partial charge in [-0.1, -0.05) is 36.4 Å². The first-order valence-electron chi connectivity index (χ1n) is 10.7. The van der Waals surface area contributed by atoms with E-state index in [0.717, 1.165) is 28.5 Å². The number of ether oxygens (including phenoxy) is 1. The lowest BCUT2D eigenvalue weighted by Gasteiger charge is -2.13. The maximum atomic E-state index is 11.5. The van der Waals surface area contributed by atoms with Crippen molar-refractivity contribution in [2.75, 3.05) is 0 Å². The molecule has 166 valence electrons. The fraction of sp³-hybridized carbons (Fsp3) is 0.0370. The van der Waals surface area contributed by atoms with Gasteiger partial charge in [0.05, 0.1) is 23.1 Å². The maximum absolute atomic E-state index is 11.5. The Morgan fingerprint density at radius 1 is 0.794 bits per heavy atom. The smallest absolute Gasteiger partial charge is 0.335 e. The van der Waals surface area contributed by atoms with Crippen LogP contribution in [0.2, 0.25) is 0 Å². The number of carbonyl (C=O) groups is 1. The number of rotatable bonds is 7. The summed E-state index contributed by atoms with van der Waals surface area (Å²) < 4.78 is 7.88. The zero-order valence-corrected chi connectivity index (χ0v) is 18.1. The van der Waals surface area contributed by atoms with Crippen LogP contribution >= 0.6 is 0 Å². The maximum Gasteiger partial charge on any atom is 0.335 e. The highest BCUT2D eigenvalue weighted by atomic mass is 16.5. The summed E-state index contributed by atoms with van der Waals surface area (Å²) in [5, 5.41) is 9.40. The minimum absolute atomic E-state index is 0.154. The predicted molar refractivity (Wildman–Crippen MR) is 128 cm³/mol. The lowest BCUT2D eigenvalue weighted by molar-refractivity contribution is 0.0697. The summed E-state index contributed by atoms with van der Waals surface area (Å²) in [6, 6.07) is 26.1. The normalized spacial score (nSPS) is 10.7. The van der Waals surface area contributed by atoms with E-state index in [0.29, 0.717) is 18.1 Å². The number of hydrogen-bond donors (Lipinski definition) is 1. The van der Waals surface area contributed by atoms with Crippen LogP contribution in [0, 0.1) is 0 Å². The summed E-state index contributed by atoms with van der Waals surface area (Å²) in [6.07, 6.45) is 4.94. The number of pyridine rings is 2. The monoisotopic (exact) mass is 448 g/mol. The van der Waals surface area contributed by atoms with Crippen LogP contribution in [-0.4, -0.2) is 30.6 Å². The molecule has 0 saturated heterocycles. The summed E-state index contributed by atoms with van der Waals surface area (Å²) in [6.45, 7) is 0.492. The van der Waals surface area contributed by atoms with E-state index >= 15 is 0 Å². The zero-order valence-electron chi connectivity index (χ0n) is 18.1. The van der Waals surface area contributed by atoms with Crippen molar-refractivity contribution < 1.29 is 14.6 Å². The quantitative estimate of drug-likeness (QED) is 0.351. The molecule has 3 heterocycles. The molecule has 5 rings (SSSR count). The molecule has 5 aromatic rings. The second-order valence-electron chi connectivity index (χ2n) is 7.56. The van der Waals surface area contributed by atoms with Gasteiger partial charge in [-0.25, -0.2) is 9.78 Å². The highest BCUT2D eigenvalue weighted by molar-refractivity contribution is 5.88. The van der Waals surface area contributed by atoms with Gasteiger partial charge in [-0.15, -0.1) is 0 Å². The largest absolute Gasteiger partial charge is 0.478 e. The molecule has 0 amide bonds. The average Bonchev–Trinajstić information content (AvgIpc) is 3.30. The highest BCUT2D eigenvalue weighted by Gasteiger charge is 2.17. The molecule has 0 aliphatic carbocycles. The minimum Gasteiger partial charge on any atom is -0.478 e. The summed E-state index contributed by atoms with van der Waals surface area (Å²) >= 11 is 0. The van der Waals surface area contributed by atoms with Crippen molar-refractivity contribution in [3.63, 3.8) is 0 Å². The lowest BCUT2D eigenvalue weighted by atomic mass is 10.2. The summed E-state index contributed by atoms with van der Waals surface area (Å²) in [4.78, 5) is 24.9. The molecule has 0 fully saturated rings. The molecule has 34 heavy (non-hydrogen) atoms. The van der Waals surface area contributed by atoms with Crippen molar-refractivity contribution in [2.24, 2.45) is 0 Å². The van der Waals surface area contributed by atoms with E-state index in [1.807, 2.05) is 77.4 Å². The van der Waals surface area contributed by atoms with Gasteiger partial charge in [0.15, 0.2) is 5.82 Å². The molecule has 3 aromatic heterocycles. The Labute approximate surface area is 196 Å². The van der Waals surface area contributed by atoms with Gasteiger partial charge < -0.3 is 14.4 Å². The summed E-state index contributed by atoms with van der Waals surface area (Å²) in [5.74, 6) is 1.06. The number of benzene rings is 2. The van der Waals surface area contributed by atoms with Crippen molar-refractivity contribution in [1.82, 2.24) is 19.5 Å². The third-order valence-electron chi connectivity index (χ3n) is 5.26. The van der Waals surface area contributed by atoms with Gasteiger partial charge in [0.2, 0.25) is 0 Å². The zero-order chi connectivity index (χ0) is 23.3. The van der Waals surface area contributed by atoms with Crippen LogP contribution in [0.15, 0.2) is 104 Å². The first-order valence-corrected chi connectivity index (χ1v) is 10.7. The topological polar surface area (TPSA) is 90.1 Å². The molecule has 0 saturated carbocycles. The van der Waals surface area contributed by atoms with Crippen LogP contribution in [-0.2, 0) is 6.54 Å². The van der Waals surface area contributed by atoms with Crippen LogP contribution in [0.25, 0.3) is 22.9 Å². The van der Waals surface area contributed by atoms with Gasteiger partial charge in [0, 0.05) is 18.9 Å². The van der Waals surface area contributed by atoms with Crippen molar-refractivity contribution in [3.8, 4) is 34.4 Å². The van der Waals surface area contributed by atoms with Crippen molar-refractivity contribution in [2.45, 2.75) is 6.54 Å². The van der Waals surface area contributed by atoms with E-state index in [1.54, 1.807) is 12.4 Å². The molecule has 0 unspecified atom stereocenters. The lowest BCUT2D eigenvalue weighted by Crippen LogP contribution is -2.06. The second kappa shape index (κ2) is 9.38. The van der Waals surface area contributed by atoms with Crippen molar-refractivity contribution in [1.29, 1.82) is 0 Å². The molecule has 0 bridgehead atoms. The molecule has 2 aromatic carbocycles. The summed E-state index contributed by atoms with van der Waals surface area (Å²) in [5.41, 5.74) is 3.22. The van der Waals surface area contributed by atoms with E-state index in [4.69, 9.17) is 4.74 Å². The van der Waals surface area contributed by atoms with E-state index in [2.05, 4.69) is 15.0 Å². The molecule has 0 atom stereocenters. The molecule has 7 nitrogen and oxygen atoms in total. The molecule has 0 spiro atoms. The van der Waals surface area contributed by atoms with Crippen LogP contribution in [0.3, 0.4) is 0 Å². The van der Waals surface area contributed by atoms with Gasteiger partial charge in [-0.3, -0.25) is 9.97 Å². The van der Waals surface area contributed by atoms with Crippen molar-refractivity contribution in [3.05, 3.63) is 115 Å². The van der Waals surface area contributed by atoms with Gasteiger partial charge in [0.25, 0.3) is 0 Å². The number of aromatic carboxylic acids is 1. The van der Waals surface area contributed by atoms with E-state index in [1.165, 1.54) is 18.3 Å². The van der Waals surface area contributed by atoms with Gasteiger partial charge in [-0.2, -0.15) is 0 Å². The highest BCUT2D eigenvalue weighted by Crippen LogP contribution is 2.27. The fourth-order valence-electron chi connectivity index (χ4n) is 3.61. The molecular weight excluding hydrogens is 428 g/mol. The number of carboxylic acids is 1. The summed E-state index contributed by atoms with van der Waals surface area (Å²) in [7, 11) is 0. The van der Waals surface area contributed by atoms with E-state index in [-0.39, 0.29) is 5.56 Å². The van der Waals surface area contributed by atoms with Gasteiger partial charge in [0.1, 0.15) is 17.2 Å². The number of hydrogen-bond acceptors (Lipinski definition) is 5. The Kier molecular flexibility index (Phi) is 5.82. The number of aromatic nitrogens is 4. The fourth-order valence-corrected chi connectivity index (χ4v) is 3.61. The number of para-hydroxylation sites is 1. The molecular formula is C27H20N4O3. The SMILES string of the molecule is O=C(O)c1ccnc(-c2ncc(-c3ccccn3)n2Cc2ccc(Oc3ccccc3)cc2)c1. The molecule has 1 N–H and O–H groups in total.